The number of allylic oxidation sites excluding steroid dienone is 4. The maximum absolute atomic E-state index is 12.9. The number of hydrogen-bond donors (Lipinski definition) is 0. The van der Waals surface area contributed by atoms with Crippen LogP contribution in [-0.4, -0.2) is 9.55 Å². The van der Waals surface area contributed by atoms with Crippen molar-refractivity contribution in [1.29, 1.82) is 0 Å². The molecule has 0 aliphatic heterocycles. The average Bonchev–Trinajstić information content (AvgIpc) is 2.51. The first-order valence-electron chi connectivity index (χ1n) is 4.77. The number of rotatable bonds is 2. The van der Waals surface area contributed by atoms with Gasteiger partial charge in [-0.1, -0.05) is 6.08 Å². The van der Waals surface area contributed by atoms with Gasteiger partial charge in [-0.3, -0.25) is 0 Å². The molecule has 1 heterocycles. The van der Waals surface area contributed by atoms with Crippen molar-refractivity contribution < 1.29 is 4.39 Å². The van der Waals surface area contributed by atoms with Crippen LogP contribution in [0, 0.1) is 6.92 Å². The van der Waals surface area contributed by atoms with Crippen molar-refractivity contribution in [3.8, 4) is 0 Å². The van der Waals surface area contributed by atoms with Gasteiger partial charge >= 0.3 is 0 Å². The number of halogens is 1. The van der Waals surface area contributed by atoms with Crippen LogP contribution in [0.25, 0.3) is 0 Å². The maximum Gasteiger partial charge on any atom is 0.101 e. The maximum atomic E-state index is 12.9. The van der Waals surface area contributed by atoms with E-state index in [1.807, 2.05) is 17.7 Å². The third-order valence-corrected chi connectivity index (χ3v) is 2.26. The van der Waals surface area contributed by atoms with Gasteiger partial charge in [0.2, 0.25) is 0 Å². The summed E-state index contributed by atoms with van der Waals surface area (Å²) < 4.78 is 14.9. The molecule has 1 aliphatic carbocycles. The Morgan fingerprint density at radius 2 is 2.43 bits per heavy atom. The number of hydrogen-bond acceptors (Lipinski definition) is 1. The van der Waals surface area contributed by atoms with E-state index in [1.165, 1.54) is 0 Å². The molecule has 0 bridgehead atoms. The number of aryl methyl sites for hydroxylation is 1. The number of nitrogens with zero attached hydrogens (tertiary/aromatic N) is 2. The molecule has 0 unspecified atom stereocenters. The highest BCUT2D eigenvalue weighted by Crippen LogP contribution is 2.19. The lowest BCUT2D eigenvalue weighted by Crippen LogP contribution is -1.99. The van der Waals surface area contributed by atoms with Gasteiger partial charge in [-0.2, -0.15) is 0 Å². The van der Waals surface area contributed by atoms with Gasteiger partial charge in [-0.05, 0) is 25.0 Å². The monoisotopic (exact) mass is 192 g/mol. The van der Waals surface area contributed by atoms with Gasteiger partial charge in [-0.15, -0.1) is 0 Å². The Balaban J connectivity index is 2.08. The molecule has 2 nitrogen and oxygen atoms in total. The van der Waals surface area contributed by atoms with Gasteiger partial charge in [0.1, 0.15) is 5.83 Å². The van der Waals surface area contributed by atoms with Crippen LogP contribution in [0.1, 0.15) is 18.5 Å². The number of imidazole rings is 1. The molecule has 3 heteroatoms. The predicted molar refractivity (Wildman–Crippen MR) is 53.5 cm³/mol. The fourth-order valence-electron chi connectivity index (χ4n) is 1.61. The molecule has 0 atom stereocenters. The van der Waals surface area contributed by atoms with Gasteiger partial charge in [0.15, 0.2) is 0 Å². The fraction of sp³-hybridized carbons (Fsp3) is 0.364. The summed E-state index contributed by atoms with van der Waals surface area (Å²) >= 11 is 0. The van der Waals surface area contributed by atoms with E-state index in [4.69, 9.17) is 0 Å². The second kappa shape index (κ2) is 3.78. The third-order valence-electron chi connectivity index (χ3n) is 2.26. The first-order chi connectivity index (χ1) is 6.74. The molecule has 0 fully saturated rings. The van der Waals surface area contributed by atoms with E-state index < -0.39 is 0 Å². The Labute approximate surface area is 82.8 Å². The Morgan fingerprint density at radius 3 is 3.07 bits per heavy atom. The predicted octanol–water partition coefficient (Wildman–Crippen LogP) is 2.77. The minimum Gasteiger partial charge on any atom is -0.333 e. The minimum atomic E-state index is -0.0145. The van der Waals surface area contributed by atoms with Gasteiger partial charge in [0.25, 0.3) is 0 Å². The van der Waals surface area contributed by atoms with Crippen LogP contribution < -0.4 is 0 Å². The van der Waals surface area contributed by atoms with Crippen molar-refractivity contribution in [3.05, 3.63) is 41.8 Å². The zero-order valence-corrected chi connectivity index (χ0v) is 8.20. The zero-order valence-electron chi connectivity index (χ0n) is 8.20. The van der Waals surface area contributed by atoms with Gasteiger partial charge < -0.3 is 4.57 Å². The molecule has 0 radical (unpaired) electrons. The molecule has 1 aromatic rings. The fourth-order valence-corrected chi connectivity index (χ4v) is 1.61. The topological polar surface area (TPSA) is 17.8 Å². The van der Waals surface area contributed by atoms with Crippen LogP contribution in [0.2, 0.25) is 0 Å². The van der Waals surface area contributed by atoms with Gasteiger partial charge in [0, 0.05) is 19.2 Å². The van der Waals surface area contributed by atoms with Crippen molar-refractivity contribution >= 4 is 0 Å². The lowest BCUT2D eigenvalue weighted by atomic mass is 10.1. The Morgan fingerprint density at radius 1 is 1.57 bits per heavy atom. The summed E-state index contributed by atoms with van der Waals surface area (Å²) in [7, 11) is 0. The molecule has 0 aromatic carbocycles. The van der Waals surface area contributed by atoms with Gasteiger partial charge in [0.05, 0.1) is 12.0 Å². The summed E-state index contributed by atoms with van der Waals surface area (Å²) in [6.07, 6.45) is 8.80. The molecule has 74 valence electrons. The second-order valence-electron chi connectivity index (χ2n) is 3.60. The molecule has 0 saturated heterocycles. The minimum absolute atomic E-state index is 0.0145. The quantitative estimate of drug-likeness (QED) is 0.704. The standard InChI is InChI=1S/C11H13FN2/c1-9-6-14(8-13-9)7-10-3-2-4-11(12)5-10/h3,5-6,8H,2,4,7H2,1H3. The van der Waals surface area contributed by atoms with E-state index in [1.54, 1.807) is 12.4 Å². The highest BCUT2D eigenvalue weighted by Gasteiger charge is 2.05. The van der Waals surface area contributed by atoms with E-state index in [0.717, 1.165) is 17.7 Å². The lowest BCUT2D eigenvalue weighted by Gasteiger charge is -2.08. The van der Waals surface area contributed by atoms with Crippen LogP contribution >= 0.6 is 0 Å². The molecule has 2 rings (SSSR count). The second-order valence-corrected chi connectivity index (χ2v) is 3.60. The first kappa shape index (κ1) is 9.19. The molecule has 14 heavy (non-hydrogen) atoms. The molecule has 1 aliphatic rings. The number of aromatic nitrogens is 2. The Kier molecular flexibility index (Phi) is 2.48. The highest BCUT2D eigenvalue weighted by molar-refractivity contribution is 5.25. The SMILES string of the molecule is Cc1cn(CC2=CCCC(F)=C2)cn1. The molecule has 0 saturated carbocycles. The van der Waals surface area contributed by atoms with Crippen LogP contribution in [-0.2, 0) is 6.54 Å². The van der Waals surface area contributed by atoms with Crippen molar-refractivity contribution in [1.82, 2.24) is 9.55 Å². The van der Waals surface area contributed by atoms with Crippen LogP contribution in [0.4, 0.5) is 4.39 Å². The van der Waals surface area contributed by atoms with Crippen molar-refractivity contribution in [3.63, 3.8) is 0 Å². The molecular formula is C11H13FN2. The summed E-state index contributed by atoms with van der Waals surface area (Å²) in [5.74, 6) is -0.0145. The van der Waals surface area contributed by atoms with Gasteiger partial charge in [-0.25, -0.2) is 9.37 Å². The molecular weight excluding hydrogens is 179 g/mol. The smallest absolute Gasteiger partial charge is 0.101 e. The third kappa shape index (κ3) is 2.10. The summed E-state index contributed by atoms with van der Waals surface area (Å²) in [6, 6.07) is 0. The molecule has 0 spiro atoms. The highest BCUT2D eigenvalue weighted by atomic mass is 19.1. The van der Waals surface area contributed by atoms with Crippen molar-refractivity contribution in [2.75, 3.05) is 0 Å². The van der Waals surface area contributed by atoms with E-state index in [9.17, 15) is 4.39 Å². The average molecular weight is 192 g/mol. The Bertz CT molecular complexity index is 388. The molecule has 1 aromatic heterocycles. The molecule has 0 N–H and O–H groups in total. The normalized spacial score (nSPS) is 16.4. The zero-order chi connectivity index (χ0) is 9.97. The van der Waals surface area contributed by atoms with Crippen molar-refractivity contribution in [2.45, 2.75) is 26.3 Å². The van der Waals surface area contributed by atoms with Crippen LogP contribution in [0.5, 0.6) is 0 Å². The van der Waals surface area contributed by atoms with E-state index in [0.29, 0.717) is 13.0 Å². The summed E-state index contributed by atoms with van der Waals surface area (Å²) in [6.45, 7) is 2.66. The molecule has 0 amide bonds. The van der Waals surface area contributed by atoms with Crippen LogP contribution in [0.3, 0.4) is 0 Å². The summed E-state index contributed by atoms with van der Waals surface area (Å²) in [5, 5.41) is 0. The van der Waals surface area contributed by atoms with E-state index in [2.05, 4.69) is 11.1 Å². The summed E-state index contributed by atoms with van der Waals surface area (Å²) in [4.78, 5) is 4.12. The van der Waals surface area contributed by atoms with Crippen LogP contribution in [0.15, 0.2) is 36.1 Å². The van der Waals surface area contributed by atoms with E-state index in [-0.39, 0.29) is 5.83 Å². The van der Waals surface area contributed by atoms with E-state index >= 15 is 0 Å². The lowest BCUT2D eigenvalue weighted by molar-refractivity contribution is 0.581. The summed E-state index contributed by atoms with van der Waals surface area (Å²) in [5.41, 5.74) is 2.03. The Hall–Kier alpha value is -1.38. The van der Waals surface area contributed by atoms with Crippen molar-refractivity contribution in [2.24, 2.45) is 0 Å². The first-order valence-corrected chi connectivity index (χ1v) is 4.77. The largest absolute Gasteiger partial charge is 0.333 e.